The first kappa shape index (κ1) is 23.0. The van der Waals surface area contributed by atoms with E-state index in [0.29, 0.717) is 11.0 Å². The minimum atomic E-state index is -4.53. The van der Waals surface area contributed by atoms with Crippen LogP contribution in [-0.4, -0.2) is 70.0 Å². The molecule has 0 aromatic rings. The summed E-state index contributed by atoms with van der Waals surface area (Å²) < 4.78 is 31.5. The highest BCUT2D eigenvalue weighted by Crippen LogP contribution is 2.38. The summed E-state index contributed by atoms with van der Waals surface area (Å²) in [6.07, 6.45) is -0.756. The number of carbonyl (C=O) groups excluding carboxylic acids is 2. The average Bonchev–Trinajstić information content (AvgIpc) is 2.47. The Kier molecular flexibility index (Phi) is 10.3. The number of ether oxygens (including phenoxy) is 2. The summed E-state index contributed by atoms with van der Waals surface area (Å²) in [5.41, 5.74) is 0. The van der Waals surface area contributed by atoms with Crippen LogP contribution >= 0.6 is 7.82 Å². The lowest BCUT2D eigenvalue weighted by molar-refractivity contribution is -0.870. The molecule has 0 heterocycles. The van der Waals surface area contributed by atoms with Crippen molar-refractivity contribution in [3.8, 4) is 0 Å². The maximum atomic E-state index is 11.7. The predicted molar refractivity (Wildman–Crippen MR) is 83.8 cm³/mol. The molecule has 0 aromatic carbocycles. The van der Waals surface area contributed by atoms with Crippen LogP contribution in [0.5, 0.6) is 0 Å². The molecule has 2 unspecified atom stereocenters. The van der Waals surface area contributed by atoms with E-state index in [4.69, 9.17) is 18.5 Å². The standard InChI is InChI=1S/C14H28NO8P/c1-6-13(16)20-10-12(23-14(17)7-2)11-22-24(18,19)21-9-8-15(3,4)5/h12H,6-11H2,1-5H3. The average molecular weight is 369 g/mol. The first-order chi connectivity index (χ1) is 11.0. The minimum absolute atomic E-state index is 0.0332. The van der Waals surface area contributed by atoms with Crippen molar-refractivity contribution in [2.75, 3.05) is 47.5 Å². The SMILES string of the molecule is CCC(=O)OCC(COP(=O)([O-])OCC[N+](C)(C)C)OC(=O)CC. The predicted octanol–water partition coefficient (Wildman–Crippen LogP) is 0.469. The van der Waals surface area contributed by atoms with Gasteiger partial charge in [-0.2, -0.15) is 0 Å². The molecule has 24 heavy (non-hydrogen) atoms. The maximum absolute atomic E-state index is 11.7. The molecule has 2 atom stereocenters. The van der Waals surface area contributed by atoms with Gasteiger partial charge in [0.2, 0.25) is 0 Å². The van der Waals surface area contributed by atoms with Crippen LogP contribution in [0, 0.1) is 0 Å². The summed E-state index contributed by atoms with van der Waals surface area (Å²) in [4.78, 5) is 34.2. The Hall–Kier alpha value is -0.990. The molecule has 0 N–H and O–H groups in total. The Labute approximate surface area is 143 Å². The molecule has 9 nitrogen and oxygen atoms in total. The Morgan fingerprint density at radius 2 is 1.62 bits per heavy atom. The van der Waals surface area contributed by atoms with E-state index in [9.17, 15) is 19.0 Å². The van der Waals surface area contributed by atoms with E-state index >= 15 is 0 Å². The number of phosphoric ester groups is 1. The van der Waals surface area contributed by atoms with E-state index in [1.165, 1.54) is 0 Å². The van der Waals surface area contributed by atoms with Crippen molar-refractivity contribution < 1.29 is 42.1 Å². The Morgan fingerprint density at radius 3 is 2.12 bits per heavy atom. The van der Waals surface area contributed by atoms with E-state index in [-0.39, 0.29) is 26.1 Å². The highest BCUT2D eigenvalue weighted by molar-refractivity contribution is 7.45. The molecular formula is C14H28NO8P. The second-order valence-electron chi connectivity index (χ2n) is 6.09. The van der Waals surface area contributed by atoms with Crippen molar-refractivity contribution >= 4 is 19.8 Å². The van der Waals surface area contributed by atoms with E-state index in [1.807, 2.05) is 21.1 Å². The van der Waals surface area contributed by atoms with Gasteiger partial charge in [0.15, 0.2) is 6.10 Å². The Balaban J connectivity index is 4.46. The van der Waals surface area contributed by atoms with Gasteiger partial charge in [0.1, 0.15) is 19.8 Å². The number of quaternary nitrogens is 1. The normalized spacial score (nSPS) is 15.4. The fourth-order valence-electron chi connectivity index (χ4n) is 1.31. The highest BCUT2D eigenvalue weighted by Gasteiger charge is 2.20. The van der Waals surface area contributed by atoms with Crippen molar-refractivity contribution in [1.82, 2.24) is 0 Å². The fourth-order valence-corrected chi connectivity index (χ4v) is 2.04. The van der Waals surface area contributed by atoms with Gasteiger partial charge in [-0.1, -0.05) is 13.8 Å². The fraction of sp³-hybridized carbons (Fsp3) is 0.857. The lowest BCUT2D eigenvalue weighted by Gasteiger charge is -2.28. The van der Waals surface area contributed by atoms with Gasteiger partial charge in [0, 0.05) is 12.8 Å². The first-order valence-electron chi connectivity index (χ1n) is 7.74. The molecule has 0 amide bonds. The van der Waals surface area contributed by atoms with Crippen molar-refractivity contribution in [1.29, 1.82) is 0 Å². The number of nitrogens with zero attached hydrogens (tertiary/aromatic N) is 1. The number of hydrogen-bond donors (Lipinski definition) is 0. The van der Waals surface area contributed by atoms with Crippen LogP contribution in [0.25, 0.3) is 0 Å². The van der Waals surface area contributed by atoms with Crippen LogP contribution in [0.3, 0.4) is 0 Å². The molecular weight excluding hydrogens is 341 g/mol. The van der Waals surface area contributed by atoms with Crippen LogP contribution in [0.1, 0.15) is 26.7 Å². The molecule has 0 bridgehead atoms. The minimum Gasteiger partial charge on any atom is -0.756 e. The molecule has 10 heteroatoms. The van der Waals surface area contributed by atoms with Crippen LogP contribution in [0.15, 0.2) is 0 Å². The van der Waals surface area contributed by atoms with Gasteiger partial charge in [0.05, 0.1) is 27.7 Å². The van der Waals surface area contributed by atoms with Gasteiger partial charge >= 0.3 is 11.9 Å². The second-order valence-corrected chi connectivity index (χ2v) is 7.50. The van der Waals surface area contributed by atoms with Crippen molar-refractivity contribution in [3.63, 3.8) is 0 Å². The summed E-state index contributed by atoms with van der Waals surface area (Å²) in [5, 5.41) is 0. The van der Waals surface area contributed by atoms with Gasteiger partial charge in [-0.05, 0) is 0 Å². The Morgan fingerprint density at radius 1 is 1.04 bits per heavy atom. The van der Waals surface area contributed by atoms with Gasteiger partial charge in [-0.15, -0.1) is 0 Å². The maximum Gasteiger partial charge on any atom is 0.305 e. The number of hydrogen-bond acceptors (Lipinski definition) is 8. The zero-order valence-electron chi connectivity index (χ0n) is 15.0. The van der Waals surface area contributed by atoms with E-state index in [1.54, 1.807) is 13.8 Å². The molecule has 0 saturated carbocycles. The Bertz CT molecular complexity index is 449. The second kappa shape index (κ2) is 10.8. The van der Waals surface area contributed by atoms with Crippen molar-refractivity contribution in [2.45, 2.75) is 32.8 Å². The van der Waals surface area contributed by atoms with Gasteiger partial charge in [-0.3, -0.25) is 14.2 Å². The number of esters is 2. The van der Waals surface area contributed by atoms with E-state index < -0.39 is 32.5 Å². The number of rotatable bonds is 12. The summed E-state index contributed by atoms with van der Waals surface area (Å²) in [6, 6.07) is 0. The van der Waals surface area contributed by atoms with E-state index in [0.717, 1.165) is 0 Å². The molecule has 142 valence electrons. The zero-order valence-corrected chi connectivity index (χ0v) is 15.9. The summed E-state index contributed by atoms with van der Waals surface area (Å²) in [6.45, 7) is 2.88. The molecule has 0 saturated heterocycles. The smallest absolute Gasteiger partial charge is 0.305 e. The monoisotopic (exact) mass is 369 g/mol. The molecule has 0 aliphatic carbocycles. The highest BCUT2D eigenvalue weighted by atomic mass is 31.2. The summed E-state index contributed by atoms with van der Waals surface area (Å²) >= 11 is 0. The third kappa shape index (κ3) is 12.4. The molecule has 0 aromatic heterocycles. The first-order valence-corrected chi connectivity index (χ1v) is 9.20. The number of phosphoric acid groups is 1. The third-order valence-electron chi connectivity index (χ3n) is 2.74. The molecule has 0 radical (unpaired) electrons. The molecule has 0 aliphatic heterocycles. The van der Waals surface area contributed by atoms with Crippen LogP contribution in [-0.2, 0) is 32.7 Å². The van der Waals surface area contributed by atoms with Crippen LogP contribution in [0.2, 0.25) is 0 Å². The van der Waals surface area contributed by atoms with Gasteiger partial charge < -0.3 is 27.9 Å². The molecule has 0 fully saturated rings. The third-order valence-corrected chi connectivity index (χ3v) is 3.70. The molecule has 0 aliphatic rings. The molecule has 0 rings (SSSR count). The zero-order chi connectivity index (χ0) is 18.8. The largest absolute Gasteiger partial charge is 0.756 e. The van der Waals surface area contributed by atoms with Gasteiger partial charge in [0.25, 0.3) is 7.82 Å². The van der Waals surface area contributed by atoms with E-state index in [2.05, 4.69) is 0 Å². The lowest BCUT2D eigenvalue weighted by Crippen LogP contribution is -2.37. The topological polar surface area (TPSA) is 111 Å². The summed E-state index contributed by atoms with van der Waals surface area (Å²) in [7, 11) is 1.14. The van der Waals surface area contributed by atoms with Gasteiger partial charge in [-0.25, -0.2) is 0 Å². The lowest BCUT2D eigenvalue weighted by atomic mass is 10.4. The number of carbonyl (C=O) groups is 2. The van der Waals surface area contributed by atoms with Crippen molar-refractivity contribution in [3.05, 3.63) is 0 Å². The summed E-state index contributed by atoms with van der Waals surface area (Å²) in [5.74, 6) is -1.04. The van der Waals surface area contributed by atoms with Crippen LogP contribution < -0.4 is 4.89 Å². The van der Waals surface area contributed by atoms with Crippen LogP contribution in [0.4, 0.5) is 0 Å². The quantitative estimate of drug-likeness (QED) is 0.277. The molecule has 0 spiro atoms. The number of likely N-dealkylation sites (N-methyl/N-ethyl adjacent to an activating group) is 1. The van der Waals surface area contributed by atoms with Crippen molar-refractivity contribution in [2.24, 2.45) is 0 Å².